The second-order valence-electron chi connectivity index (χ2n) is 5.29. The largest absolute Gasteiger partial charge is 0.281 e. The van der Waals surface area contributed by atoms with Crippen LogP contribution in [0, 0.1) is 0 Å². The average molecular weight is 374 g/mol. The fourth-order valence-electron chi connectivity index (χ4n) is 2.18. The Labute approximate surface area is 132 Å². The van der Waals surface area contributed by atoms with Gasteiger partial charge in [-0.05, 0) is 24.1 Å². The van der Waals surface area contributed by atoms with Crippen molar-refractivity contribution in [1.82, 2.24) is 4.90 Å². The van der Waals surface area contributed by atoms with Gasteiger partial charge in [0.05, 0.1) is 16.5 Å². The highest BCUT2D eigenvalue weighted by molar-refractivity contribution is 9.09. The van der Waals surface area contributed by atoms with Crippen molar-refractivity contribution in [3.63, 3.8) is 0 Å². The number of carbonyl (C=O) groups excluding carboxylic acids is 2. The molecule has 0 N–H and O–H groups in total. The van der Waals surface area contributed by atoms with Crippen molar-refractivity contribution in [2.75, 3.05) is 13.3 Å². The van der Waals surface area contributed by atoms with Gasteiger partial charge in [0.2, 0.25) is 5.91 Å². The summed E-state index contributed by atoms with van der Waals surface area (Å²) in [5.74, 6) is -0.588. The molecular weight excluding hydrogens is 358 g/mol. The van der Waals surface area contributed by atoms with Crippen LogP contribution in [0.4, 0.5) is 0 Å². The molecule has 2 atom stereocenters. The van der Waals surface area contributed by atoms with Crippen LogP contribution in [0.2, 0.25) is 0 Å². The number of likely N-dealkylation sites (N-methyl/N-ethyl adjacent to an activating group) is 1. The number of amides is 2. The highest BCUT2D eigenvalue weighted by atomic mass is 79.9. The number of imide groups is 1. The van der Waals surface area contributed by atoms with E-state index in [0.717, 1.165) is 4.90 Å². The summed E-state index contributed by atoms with van der Waals surface area (Å²) in [6.45, 7) is 1.62. The maximum Gasteiger partial charge on any atom is 0.260 e. The second-order valence-corrected chi connectivity index (χ2v) is 8.68. The van der Waals surface area contributed by atoms with Crippen molar-refractivity contribution in [2.45, 2.75) is 23.4 Å². The minimum Gasteiger partial charge on any atom is -0.281 e. The topological polar surface area (TPSA) is 71.5 Å². The van der Waals surface area contributed by atoms with Crippen LogP contribution >= 0.6 is 15.9 Å². The average Bonchev–Trinajstić information content (AvgIpc) is 2.42. The molecule has 0 aliphatic carbocycles. The highest BCUT2D eigenvalue weighted by Crippen LogP contribution is 2.32. The van der Waals surface area contributed by atoms with Crippen LogP contribution in [-0.4, -0.2) is 43.7 Å². The fourth-order valence-corrected chi connectivity index (χ4v) is 4.23. The predicted octanol–water partition coefficient (Wildman–Crippen LogP) is 1.71. The predicted molar refractivity (Wildman–Crippen MR) is 83.2 cm³/mol. The van der Waals surface area contributed by atoms with Crippen LogP contribution in [0.15, 0.2) is 18.2 Å². The van der Waals surface area contributed by atoms with E-state index in [0.29, 0.717) is 16.7 Å². The van der Waals surface area contributed by atoms with Crippen molar-refractivity contribution >= 4 is 37.6 Å². The number of nitrogens with zero attached hydrogens (tertiary/aromatic N) is 1. The number of alkyl halides is 1. The molecule has 2 unspecified atom stereocenters. The molecule has 0 spiro atoms. The van der Waals surface area contributed by atoms with Crippen LogP contribution in [0.1, 0.15) is 33.2 Å². The zero-order chi connectivity index (χ0) is 15.9. The Hall–Kier alpha value is -1.21. The molecule has 7 heteroatoms. The minimum absolute atomic E-state index is 0.187. The Bertz CT molecular complexity index is 714. The maximum absolute atomic E-state index is 12.1. The quantitative estimate of drug-likeness (QED) is 0.597. The third kappa shape index (κ3) is 3.03. The normalized spacial score (nSPS) is 18.4. The first-order valence-electron chi connectivity index (χ1n) is 6.39. The summed E-state index contributed by atoms with van der Waals surface area (Å²) in [5.41, 5.74) is 1.85. The maximum atomic E-state index is 12.1. The third-order valence-electron chi connectivity index (χ3n) is 3.79. The summed E-state index contributed by atoms with van der Waals surface area (Å²) in [6, 6.07) is 5.14. The molecule has 0 saturated carbocycles. The third-order valence-corrected chi connectivity index (χ3v) is 7.09. The van der Waals surface area contributed by atoms with E-state index >= 15 is 0 Å². The van der Waals surface area contributed by atoms with Gasteiger partial charge in [0.25, 0.3) is 5.91 Å². The number of halogens is 1. The zero-order valence-corrected chi connectivity index (χ0v) is 14.4. The van der Waals surface area contributed by atoms with Crippen LogP contribution in [0.5, 0.6) is 0 Å². The lowest BCUT2D eigenvalue weighted by molar-refractivity contribution is -0.127. The highest BCUT2D eigenvalue weighted by Gasteiger charge is 2.30. The molecule has 1 aliphatic rings. The van der Waals surface area contributed by atoms with Gasteiger partial charge < -0.3 is 0 Å². The fraction of sp³-hybridized carbons (Fsp3) is 0.429. The number of benzene rings is 1. The number of sulfone groups is 1. The van der Waals surface area contributed by atoms with Gasteiger partial charge in [-0.2, -0.15) is 0 Å². The Morgan fingerprint density at radius 3 is 2.48 bits per heavy atom. The summed E-state index contributed by atoms with van der Waals surface area (Å²) in [5, 5.41) is -0.617. The first-order valence-corrected chi connectivity index (χ1v) is 9.26. The molecule has 1 heterocycles. The van der Waals surface area contributed by atoms with Gasteiger partial charge in [0.1, 0.15) is 0 Å². The lowest BCUT2D eigenvalue weighted by Crippen LogP contribution is -2.39. The summed E-state index contributed by atoms with van der Waals surface area (Å²) >= 11 is 3.39. The molecule has 1 aromatic carbocycles. The second kappa shape index (κ2) is 5.53. The first kappa shape index (κ1) is 16.2. The molecule has 114 valence electrons. The molecular formula is C14H16BrNO4S. The lowest BCUT2D eigenvalue weighted by atomic mass is 9.95. The molecule has 0 aromatic heterocycles. The summed E-state index contributed by atoms with van der Waals surface area (Å²) < 4.78 is 23.3. The van der Waals surface area contributed by atoms with Gasteiger partial charge in [-0.25, -0.2) is 8.42 Å². The van der Waals surface area contributed by atoms with Crippen LogP contribution in [0.3, 0.4) is 0 Å². The van der Waals surface area contributed by atoms with Crippen molar-refractivity contribution < 1.29 is 18.0 Å². The summed E-state index contributed by atoms with van der Waals surface area (Å²) in [7, 11) is -1.75. The van der Waals surface area contributed by atoms with Gasteiger partial charge in [0, 0.05) is 18.9 Å². The van der Waals surface area contributed by atoms with Crippen molar-refractivity contribution in [3.8, 4) is 0 Å². The van der Waals surface area contributed by atoms with Crippen LogP contribution in [0.25, 0.3) is 0 Å². The molecule has 0 fully saturated rings. The Kier molecular flexibility index (Phi) is 4.26. The number of rotatable bonds is 3. The van der Waals surface area contributed by atoms with Crippen molar-refractivity contribution in [3.05, 3.63) is 34.9 Å². The molecule has 21 heavy (non-hydrogen) atoms. The first-order chi connectivity index (χ1) is 9.62. The molecule has 1 aliphatic heterocycles. The molecule has 1 aromatic rings. The molecule has 2 amide bonds. The number of hydrogen-bond acceptors (Lipinski definition) is 4. The van der Waals surface area contributed by atoms with Crippen LogP contribution in [-0.2, 0) is 21.1 Å². The SMILES string of the molecule is CC(C(Br)c1ccc2c(c1)C(=O)N(C)C(=O)C2)S(C)(=O)=O. The molecule has 5 nitrogen and oxygen atoms in total. The van der Waals surface area contributed by atoms with Gasteiger partial charge >= 0.3 is 0 Å². The standard InChI is InChI=1S/C14H16BrNO4S/c1-8(21(3,19)20)13(15)10-5-4-9-7-12(17)16(2)14(18)11(9)6-10/h4-6,8,13H,7H2,1-3H3. The minimum atomic E-state index is -3.20. The summed E-state index contributed by atoms with van der Waals surface area (Å²) in [4.78, 5) is 24.5. The smallest absolute Gasteiger partial charge is 0.260 e. The van der Waals surface area contributed by atoms with E-state index in [9.17, 15) is 18.0 Å². The molecule has 0 saturated heterocycles. The van der Waals surface area contributed by atoms with E-state index in [1.54, 1.807) is 25.1 Å². The Balaban J connectivity index is 2.42. The Morgan fingerprint density at radius 1 is 1.29 bits per heavy atom. The van der Waals surface area contributed by atoms with E-state index in [1.165, 1.54) is 13.3 Å². The number of carbonyl (C=O) groups is 2. The van der Waals surface area contributed by atoms with E-state index in [2.05, 4.69) is 15.9 Å². The van der Waals surface area contributed by atoms with Crippen molar-refractivity contribution in [2.24, 2.45) is 0 Å². The Morgan fingerprint density at radius 2 is 1.90 bits per heavy atom. The number of hydrogen-bond donors (Lipinski definition) is 0. The van der Waals surface area contributed by atoms with E-state index in [-0.39, 0.29) is 18.2 Å². The monoisotopic (exact) mass is 373 g/mol. The van der Waals surface area contributed by atoms with E-state index in [4.69, 9.17) is 0 Å². The van der Waals surface area contributed by atoms with E-state index in [1.807, 2.05) is 0 Å². The number of fused-ring (bicyclic) bond motifs is 1. The zero-order valence-electron chi connectivity index (χ0n) is 12.0. The molecule has 0 radical (unpaired) electrons. The van der Waals surface area contributed by atoms with Gasteiger partial charge in [-0.15, -0.1) is 0 Å². The lowest BCUT2D eigenvalue weighted by Gasteiger charge is -2.25. The van der Waals surface area contributed by atoms with Gasteiger partial charge in [-0.1, -0.05) is 28.1 Å². The van der Waals surface area contributed by atoms with Crippen molar-refractivity contribution in [1.29, 1.82) is 0 Å². The van der Waals surface area contributed by atoms with Gasteiger partial charge in [0.15, 0.2) is 9.84 Å². The van der Waals surface area contributed by atoms with E-state index < -0.39 is 19.9 Å². The molecule has 2 rings (SSSR count). The molecule has 0 bridgehead atoms. The van der Waals surface area contributed by atoms with Crippen LogP contribution < -0.4 is 0 Å². The summed E-state index contributed by atoms with van der Waals surface area (Å²) in [6.07, 6.45) is 1.37. The van der Waals surface area contributed by atoms with Gasteiger partial charge in [-0.3, -0.25) is 14.5 Å².